The predicted octanol–water partition coefficient (Wildman–Crippen LogP) is 4.58. The van der Waals surface area contributed by atoms with Gasteiger partial charge in [0.1, 0.15) is 5.56 Å². The molecule has 0 amide bonds. The van der Waals surface area contributed by atoms with Crippen LogP contribution < -0.4 is 5.32 Å². The summed E-state index contributed by atoms with van der Waals surface area (Å²) in [5.74, 6) is -0.402. The first kappa shape index (κ1) is 17.2. The van der Waals surface area contributed by atoms with E-state index in [-0.39, 0.29) is 0 Å². The summed E-state index contributed by atoms with van der Waals surface area (Å²) in [4.78, 5) is 22.3. The highest BCUT2D eigenvalue weighted by Gasteiger charge is 2.17. The van der Waals surface area contributed by atoms with Crippen LogP contribution in [0.25, 0.3) is 11.0 Å². The minimum absolute atomic E-state index is 0.310. The monoisotopic (exact) mass is 353 g/mol. The van der Waals surface area contributed by atoms with Crippen molar-refractivity contribution in [2.24, 2.45) is 0 Å². The second-order valence-corrected chi connectivity index (χ2v) is 6.33. The molecule has 3 aromatic rings. The number of esters is 1. The van der Waals surface area contributed by atoms with E-state index in [0.29, 0.717) is 23.5 Å². The third kappa shape index (κ3) is 3.74. The third-order valence-electron chi connectivity index (χ3n) is 3.70. The average molecular weight is 353 g/mol. The van der Waals surface area contributed by atoms with Crippen LogP contribution in [0.4, 0.5) is 11.4 Å². The number of carbonyl (C=O) groups is 1. The lowest BCUT2D eigenvalue weighted by atomic mass is 10.1. The van der Waals surface area contributed by atoms with E-state index in [1.54, 1.807) is 18.7 Å². The lowest BCUT2D eigenvalue weighted by molar-refractivity contribution is 0.0527. The van der Waals surface area contributed by atoms with Gasteiger partial charge in [-0.05, 0) is 50.4 Å². The van der Waals surface area contributed by atoms with Crippen LogP contribution in [0.1, 0.15) is 23.0 Å². The summed E-state index contributed by atoms with van der Waals surface area (Å²) in [6.45, 7) is 4.01. The molecule has 0 fully saturated rings. The van der Waals surface area contributed by atoms with Gasteiger partial charge < -0.3 is 10.1 Å². The van der Waals surface area contributed by atoms with Crippen molar-refractivity contribution in [3.63, 3.8) is 0 Å². The summed E-state index contributed by atoms with van der Waals surface area (Å²) >= 11 is 1.66. The Labute approximate surface area is 150 Å². The van der Waals surface area contributed by atoms with Crippen molar-refractivity contribution in [2.75, 3.05) is 18.2 Å². The van der Waals surface area contributed by atoms with Crippen LogP contribution >= 0.6 is 11.8 Å². The fourth-order valence-corrected chi connectivity index (χ4v) is 2.97. The van der Waals surface area contributed by atoms with Crippen molar-refractivity contribution in [2.45, 2.75) is 18.7 Å². The van der Waals surface area contributed by atoms with E-state index in [4.69, 9.17) is 4.74 Å². The number of nitrogens with zero attached hydrogens (tertiary/aromatic N) is 2. The number of anilines is 2. The fourth-order valence-electron chi connectivity index (χ4n) is 2.52. The Morgan fingerprint density at radius 1 is 1.28 bits per heavy atom. The van der Waals surface area contributed by atoms with Gasteiger partial charge in [-0.15, -0.1) is 11.8 Å². The number of thioether (sulfide) groups is 1. The Balaban J connectivity index is 2.14. The van der Waals surface area contributed by atoms with Crippen LogP contribution in [0.5, 0.6) is 0 Å². The lowest BCUT2D eigenvalue weighted by Gasteiger charge is -2.14. The number of aryl methyl sites for hydroxylation is 1. The van der Waals surface area contributed by atoms with Gasteiger partial charge in [-0.25, -0.2) is 14.8 Å². The van der Waals surface area contributed by atoms with Gasteiger partial charge >= 0.3 is 5.97 Å². The maximum Gasteiger partial charge on any atom is 0.341 e. The van der Waals surface area contributed by atoms with Crippen molar-refractivity contribution in [3.05, 3.63) is 53.9 Å². The molecule has 6 heteroatoms. The fraction of sp³-hybridized carbons (Fsp3) is 0.211. The molecule has 0 aliphatic carbocycles. The standard InChI is InChI=1S/C19H19N3O2S/c1-4-24-19(23)16-11-20-18-15(9-8-12(2)21-18)17(16)22-13-6-5-7-14(10-13)25-3/h5-11H,4H2,1-3H3,(H,20,21,22). The van der Waals surface area contributed by atoms with Crippen LogP contribution in [0.15, 0.2) is 47.5 Å². The highest BCUT2D eigenvalue weighted by atomic mass is 32.2. The van der Waals surface area contributed by atoms with Gasteiger partial charge in [0.05, 0.1) is 12.3 Å². The first-order valence-corrected chi connectivity index (χ1v) is 9.19. The Morgan fingerprint density at radius 3 is 2.88 bits per heavy atom. The summed E-state index contributed by atoms with van der Waals surface area (Å²) in [5.41, 5.74) is 3.42. The van der Waals surface area contributed by atoms with E-state index in [9.17, 15) is 4.79 Å². The van der Waals surface area contributed by atoms with Crippen LogP contribution in [-0.2, 0) is 4.74 Å². The number of carbonyl (C=O) groups excluding carboxylic acids is 1. The molecule has 5 nitrogen and oxygen atoms in total. The minimum Gasteiger partial charge on any atom is -0.462 e. The molecular formula is C19H19N3O2S. The summed E-state index contributed by atoms with van der Waals surface area (Å²) < 4.78 is 5.18. The first-order chi connectivity index (χ1) is 12.1. The molecule has 0 saturated heterocycles. The number of pyridine rings is 2. The smallest absolute Gasteiger partial charge is 0.341 e. The molecule has 1 N–H and O–H groups in total. The maximum absolute atomic E-state index is 12.4. The van der Waals surface area contributed by atoms with Crippen LogP contribution in [0.2, 0.25) is 0 Å². The third-order valence-corrected chi connectivity index (χ3v) is 4.43. The van der Waals surface area contributed by atoms with Crippen molar-refractivity contribution in [3.8, 4) is 0 Å². The van der Waals surface area contributed by atoms with Crippen molar-refractivity contribution in [1.82, 2.24) is 9.97 Å². The van der Waals surface area contributed by atoms with E-state index in [0.717, 1.165) is 21.7 Å². The van der Waals surface area contributed by atoms with E-state index in [1.165, 1.54) is 6.20 Å². The highest BCUT2D eigenvalue weighted by molar-refractivity contribution is 7.98. The number of fused-ring (bicyclic) bond motifs is 1. The number of rotatable bonds is 5. The summed E-state index contributed by atoms with van der Waals surface area (Å²) in [7, 11) is 0. The normalized spacial score (nSPS) is 10.7. The van der Waals surface area contributed by atoms with Gasteiger partial charge in [0, 0.05) is 27.9 Å². The van der Waals surface area contributed by atoms with Crippen LogP contribution in [0, 0.1) is 6.92 Å². The quantitative estimate of drug-likeness (QED) is 0.535. The molecule has 128 valence electrons. The number of nitrogens with one attached hydrogen (secondary N) is 1. The number of aromatic nitrogens is 2. The zero-order chi connectivity index (χ0) is 17.8. The van der Waals surface area contributed by atoms with Crippen molar-refractivity contribution < 1.29 is 9.53 Å². The van der Waals surface area contributed by atoms with Gasteiger partial charge in [-0.1, -0.05) is 6.07 Å². The molecule has 25 heavy (non-hydrogen) atoms. The minimum atomic E-state index is -0.402. The van der Waals surface area contributed by atoms with E-state index < -0.39 is 5.97 Å². The second kappa shape index (κ2) is 7.53. The lowest BCUT2D eigenvalue weighted by Crippen LogP contribution is -2.09. The Kier molecular flexibility index (Phi) is 5.19. The second-order valence-electron chi connectivity index (χ2n) is 5.45. The molecular weight excluding hydrogens is 334 g/mol. The number of benzene rings is 1. The SMILES string of the molecule is CCOC(=O)c1cnc2nc(C)ccc2c1Nc1cccc(SC)c1. The zero-order valence-electron chi connectivity index (χ0n) is 14.4. The van der Waals surface area contributed by atoms with Gasteiger partial charge in [0.2, 0.25) is 0 Å². The molecule has 0 aliphatic rings. The molecule has 2 aromatic heterocycles. The predicted molar refractivity (Wildman–Crippen MR) is 102 cm³/mol. The summed E-state index contributed by atoms with van der Waals surface area (Å²) in [6.07, 6.45) is 3.55. The van der Waals surface area contributed by atoms with Crippen molar-refractivity contribution >= 4 is 40.1 Å². The Bertz CT molecular complexity index is 928. The van der Waals surface area contributed by atoms with E-state index in [1.807, 2.05) is 49.6 Å². The van der Waals surface area contributed by atoms with Crippen LogP contribution in [0.3, 0.4) is 0 Å². The molecule has 0 radical (unpaired) electrons. The number of ether oxygens (including phenoxy) is 1. The van der Waals surface area contributed by atoms with Gasteiger partial charge in [-0.3, -0.25) is 0 Å². The molecule has 0 spiro atoms. The number of hydrogen-bond acceptors (Lipinski definition) is 6. The highest BCUT2D eigenvalue weighted by Crippen LogP contribution is 2.30. The Hall–Kier alpha value is -2.60. The molecule has 0 bridgehead atoms. The van der Waals surface area contributed by atoms with Gasteiger partial charge in [-0.2, -0.15) is 0 Å². The van der Waals surface area contributed by atoms with E-state index in [2.05, 4.69) is 15.3 Å². The molecule has 0 aliphatic heterocycles. The molecule has 1 aromatic carbocycles. The summed E-state index contributed by atoms with van der Waals surface area (Å²) in [6, 6.07) is 11.8. The summed E-state index contributed by atoms with van der Waals surface area (Å²) in [5, 5.41) is 4.14. The molecule has 2 heterocycles. The molecule has 0 saturated carbocycles. The van der Waals surface area contributed by atoms with Crippen LogP contribution in [-0.4, -0.2) is 28.8 Å². The maximum atomic E-state index is 12.4. The number of hydrogen-bond donors (Lipinski definition) is 1. The average Bonchev–Trinajstić information content (AvgIpc) is 2.62. The molecule has 0 atom stereocenters. The zero-order valence-corrected chi connectivity index (χ0v) is 15.2. The van der Waals surface area contributed by atoms with Gasteiger partial charge in [0.25, 0.3) is 0 Å². The first-order valence-electron chi connectivity index (χ1n) is 7.97. The molecule has 3 rings (SSSR count). The van der Waals surface area contributed by atoms with Crippen molar-refractivity contribution in [1.29, 1.82) is 0 Å². The molecule has 0 unspecified atom stereocenters. The topological polar surface area (TPSA) is 64.1 Å². The Morgan fingerprint density at radius 2 is 2.12 bits per heavy atom. The largest absolute Gasteiger partial charge is 0.462 e. The van der Waals surface area contributed by atoms with Gasteiger partial charge in [0.15, 0.2) is 5.65 Å². The van der Waals surface area contributed by atoms with E-state index >= 15 is 0 Å².